The molecular formula is C18H23N3O. The van der Waals surface area contributed by atoms with E-state index in [1.165, 1.54) is 25.7 Å². The van der Waals surface area contributed by atoms with Crippen LogP contribution in [0.2, 0.25) is 0 Å². The Morgan fingerprint density at radius 2 is 2.05 bits per heavy atom. The maximum absolute atomic E-state index is 12.7. The van der Waals surface area contributed by atoms with Gasteiger partial charge >= 0.3 is 0 Å². The molecule has 0 unspecified atom stereocenters. The van der Waals surface area contributed by atoms with Gasteiger partial charge in [0.1, 0.15) is 5.65 Å². The van der Waals surface area contributed by atoms with Crippen molar-refractivity contribution >= 4 is 11.6 Å². The molecule has 116 valence electrons. The summed E-state index contributed by atoms with van der Waals surface area (Å²) in [4.78, 5) is 19.3. The van der Waals surface area contributed by atoms with Crippen molar-refractivity contribution in [3.63, 3.8) is 0 Å². The molecule has 4 rings (SSSR count). The number of hydrogen-bond donors (Lipinski definition) is 0. The number of aromatic nitrogens is 2. The fourth-order valence-electron chi connectivity index (χ4n) is 3.66. The number of nitrogens with zero attached hydrogens (tertiary/aromatic N) is 3. The molecular weight excluding hydrogens is 274 g/mol. The third-order valence-electron chi connectivity index (χ3n) is 5.07. The van der Waals surface area contributed by atoms with Crippen LogP contribution in [0.15, 0.2) is 30.6 Å². The van der Waals surface area contributed by atoms with Gasteiger partial charge in [0.15, 0.2) is 0 Å². The lowest BCUT2D eigenvalue weighted by Gasteiger charge is -2.23. The van der Waals surface area contributed by atoms with E-state index in [4.69, 9.17) is 0 Å². The van der Waals surface area contributed by atoms with Crippen LogP contribution in [0.3, 0.4) is 0 Å². The molecule has 2 fully saturated rings. The number of fused-ring (bicyclic) bond motifs is 1. The van der Waals surface area contributed by atoms with Crippen molar-refractivity contribution in [3.8, 4) is 0 Å². The molecule has 1 amide bonds. The van der Waals surface area contributed by atoms with Gasteiger partial charge in [-0.2, -0.15) is 0 Å². The Balaban J connectivity index is 1.51. The van der Waals surface area contributed by atoms with Crippen LogP contribution in [0, 0.1) is 5.92 Å². The molecule has 0 aromatic carbocycles. The third-order valence-corrected chi connectivity index (χ3v) is 5.07. The van der Waals surface area contributed by atoms with Crippen molar-refractivity contribution < 1.29 is 4.79 Å². The van der Waals surface area contributed by atoms with Crippen molar-refractivity contribution in [2.24, 2.45) is 5.92 Å². The second-order valence-corrected chi connectivity index (χ2v) is 6.79. The van der Waals surface area contributed by atoms with E-state index in [-0.39, 0.29) is 0 Å². The SMILES string of the molecule is O=C(CC1CCCC1)N(Cc1cnc2ccccn12)C1CC1. The lowest BCUT2D eigenvalue weighted by molar-refractivity contribution is -0.133. The van der Waals surface area contributed by atoms with Gasteiger partial charge in [0.2, 0.25) is 5.91 Å². The van der Waals surface area contributed by atoms with Crippen LogP contribution < -0.4 is 0 Å². The number of carbonyl (C=O) groups excluding carboxylic acids is 1. The van der Waals surface area contributed by atoms with Crippen LogP contribution in [-0.2, 0) is 11.3 Å². The minimum absolute atomic E-state index is 0.347. The molecule has 0 saturated heterocycles. The highest BCUT2D eigenvalue weighted by molar-refractivity contribution is 5.77. The molecule has 2 saturated carbocycles. The van der Waals surface area contributed by atoms with Crippen LogP contribution in [0.1, 0.15) is 50.6 Å². The number of carbonyl (C=O) groups is 1. The van der Waals surface area contributed by atoms with E-state index in [1.807, 2.05) is 30.6 Å². The largest absolute Gasteiger partial charge is 0.334 e. The molecule has 22 heavy (non-hydrogen) atoms. The van der Waals surface area contributed by atoms with Crippen molar-refractivity contribution in [1.29, 1.82) is 0 Å². The Hall–Kier alpha value is -1.84. The van der Waals surface area contributed by atoms with E-state index in [2.05, 4.69) is 14.3 Å². The van der Waals surface area contributed by atoms with E-state index in [0.29, 0.717) is 24.4 Å². The summed E-state index contributed by atoms with van der Waals surface area (Å²) in [5.41, 5.74) is 2.07. The first-order valence-corrected chi connectivity index (χ1v) is 8.52. The summed E-state index contributed by atoms with van der Waals surface area (Å²) in [7, 11) is 0. The van der Waals surface area contributed by atoms with Crippen LogP contribution >= 0.6 is 0 Å². The summed E-state index contributed by atoms with van der Waals surface area (Å²) in [6.45, 7) is 0.696. The number of hydrogen-bond acceptors (Lipinski definition) is 2. The normalized spacial score (nSPS) is 18.9. The summed E-state index contributed by atoms with van der Waals surface area (Å²) in [5, 5.41) is 0. The fourth-order valence-corrected chi connectivity index (χ4v) is 3.66. The zero-order chi connectivity index (χ0) is 14.9. The summed E-state index contributed by atoms with van der Waals surface area (Å²) in [6, 6.07) is 6.48. The van der Waals surface area contributed by atoms with Gasteiger partial charge < -0.3 is 9.30 Å². The zero-order valence-electron chi connectivity index (χ0n) is 12.9. The predicted octanol–water partition coefficient (Wildman–Crippen LogP) is 3.41. The van der Waals surface area contributed by atoms with E-state index in [9.17, 15) is 4.79 Å². The first-order valence-electron chi connectivity index (χ1n) is 8.52. The minimum atomic E-state index is 0.347. The van der Waals surface area contributed by atoms with E-state index in [0.717, 1.165) is 30.6 Å². The molecule has 0 spiro atoms. The zero-order valence-corrected chi connectivity index (χ0v) is 12.9. The van der Waals surface area contributed by atoms with Gasteiger partial charge in [-0.1, -0.05) is 18.9 Å². The quantitative estimate of drug-likeness (QED) is 0.848. The molecule has 2 aliphatic rings. The monoisotopic (exact) mass is 297 g/mol. The number of pyridine rings is 1. The predicted molar refractivity (Wildman–Crippen MR) is 85.3 cm³/mol. The average Bonchev–Trinajstić information content (AvgIpc) is 3.08. The van der Waals surface area contributed by atoms with E-state index in [1.54, 1.807) is 0 Å². The Bertz CT molecular complexity index is 668. The van der Waals surface area contributed by atoms with E-state index >= 15 is 0 Å². The molecule has 0 aliphatic heterocycles. The van der Waals surface area contributed by atoms with Crippen molar-refractivity contribution in [2.45, 2.75) is 57.5 Å². The maximum atomic E-state index is 12.7. The number of amides is 1. The van der Waals surface area contributed by atoms with Gasteiger partial charge in [0.25, 0.3) is 0 Å². The summed E-state index contributed by atoms with van der Waals surface area (Å²) in [6.07, 6.45) is 12.1. The second-order valence-electron chi connectivity index (χ2n) is 6.79. The summed E-state index contributed by atoms with van der Waals surface area (Å²) >= 11 is 0. The van der Waals surface area contributed by atoms with Gasteiger partial charge in [-0.3, -0.25) is 4.79 Å². The highest BCUT2D eigenvalue weighted by Crippen LogP contribution is 2.32. The van der Waals surface area contributed by atoms with E-state index < -0.39 is 0 Å². The smallest absolute Gasteiger partial charge is 0.223 e. The molecule has 0 atom stereocenters. The fraction of sp³-hybridized carbons (Fsp3) is 0.556. The van der Waals surface area contributed by atoms with Crippen molar-refractivity contribution in [2.75, 3.05) is 0 Å². The molecule has 2 aliphatic carbocycles. The highest BCUT2D eigenvalue weighted by atomic mass is 16.2. The average molecular weight is 297 g/mol. The summed E-state index contributed by atoms with van der Waals surface area (Å²) in [5.74, 6) is 0.969. The summed E-state index contributed by atoms with van der Waals surface area (Å²) < 4.78 is 2.10. The van der Waals surface area contributed by atoms with Crippen LogP contribution in [0.4, 0.5) is 0 Å². The number of imidazole rings is 1. The number of rotatable bonds is 5. The van der Waals surface area contributed by atoms with Gasteiger partial charge in [-0.25, -0.2) is 4.98 Å². The molecule has 4 heteroatoms. The lowest BCUT2D eigenvalue weighted by Crippen LogP contribution is -2.34. The Kier molecular flexibility index (Phi) is 3.60. The van der Waals surface area contributed by atoms with Gasteiger partial charge in [-0.05, 0) is 43.7 Å². The second kappa shape index (κ2) is 5.75. The molecule has 4 nitrogen and oxygen atoms in total. The first-order chi connectivity index (χ1) is 10.8. The van der Waals surface area contributed by atoms with Crippen LogP contribution in [0.25, 0.3) is 5.65 Å². The van der Waals surface area contributed by atoms with Crippen molar-refractivity contribution in [1.82, 2.24) is 14.3 Å². The first kappa shape index (κ1) is 13.8. The molecule has 0 bridgehead atoms. The Morgan fingerprint density at radius 1 is 1.23 bits per heavy atom. The molecule has 0 radical (unpaired) electrons. The molecule has 2 aromatic rings. The van der Waals surface area contributed by atoms with Crippen LogP contribution in [0.5, 0.6) is 0 Å². The standard InChI is InChI=1S/C18H23N3O/c22-18(11-14-5-1-2-6-14)21(15-8-9-15)13-16-12-19-17-7-3-4-10-20(16)17/h3-4,7,10,12,14-15H,1-2,5-6,8-9,11,13H2. The Labute approximate surface area is 131 Å². The Morgan fingerprint density at radius 3 is 2.82 bits per heavy atom. The molecule has 0 N–H and O–H groups in total. The third kappa shape index (κ3) is 2.74. The van der Waals surface area contributed by atoms with Crippen LogP contribution in [-0.4, -0.2) is 26.2 Å². The van der Waals surface area contributed by atoms with Gasteiger partial charge in [0.05, 0.1) is 18.4 Å². The highest BCUT2D eigenvalue weighted by Gasteiger charge is 2.34. The molecule has 2 heterocycles. The molecule has 2 aromatic heterocycles. The van der Waals surface area contributed by atoms with Gasteiger partial charge in [0, 0.05) is 18.7 Å². The minimum Gasteiger partial charge on any atom is -0.334 e. The van der Waals surface area contributed by atoms with Crippen molar-refractivity contribution in [3.05, 3.63) is 36.3 Å². The lowest BCUT2D eigenvalue weighted by atomic mass is 10.0. The maximum Gasteiger partial charge on any atom is 0.223 e. The van der Waals surface area contributed by atoms with Gasteiger partial charge in [-0.15, -0.1) is 0 Å². The topological polar surface area (TPSA) is 37.6 Å².